The first kappa shape index (κ1) is 20.8. The molecular formula is C22H26N6O3. The number of nitrogens with one attached hydrogen (secondary N) is 2. The van der Waals surface area contributed by atoms with Crippen molar-refractivity contribution in [3.63, 3.8) is 0 Å². The van der Waals surface area contributed by atoms with Crippen molar-refractivity contribution in [3.05, 3.63) is 65.6 Å². The topological polar surface area (TPSA) is 105 Å². The van der Waals surface area contributed by atoms with Gasteiger partial charge in [-0.05, 0) is 36.8 Å². The summed E-state index contributed by atoms with van der Waals surface area (Å²) >= 11 is 0. The second kappa shape index (κ2) is 9.13. The van der Waals surface area contributed by atoms with Gasteiger partial charge in [0.25, 0.3) is 5.91 Å². The van der Waals surface area contributed by atoms with Crippen LogP contribution in [0.5, 0.6) is 0 Å². The highest BCUT2D eigenvalue weighted by atomic mass is 16.3. The summed E-state index contributed by atoms with van der Waals surface area (Å²) in [7, 11) is 0. The van der Waals surface area contributed by atoms with E-state index in [9.17, 15) is 9.59 Å². The van der Waals surface area contributed by atoms with Crippen molar-refractivity contribution in [1.82, 2.24) is 25.0 Å². The van der Waals surface area contributed by atoms with Crippen LogP contribution < -0.4 is 10.6 Å². The van der Waals surface area contributed by atoms with Gasteiger partial charge in [-0.1, -0.05) is 12.1 Å². The molecule has 0 bridgehead atoms. The Hall–Kier alpha value is -3.46. The van der Waals surface area contributed by atoms with Crippen molar-refractivity contribution < 1.29 is 14.0 Å². The number of hydrogen-bond acceptors (Lipinski definition) is 6. The normalized spacial score (nSPS) is 15.0. The van der Waals surface area contributed by atoms with Crippen molar-refractivity contribution in [2.45, 2.75) is 39.4 Å². The summed E-state index contributed by atoms with van der Waals surface area (Å²) in [6.07, 6.45) is 2.26. The lowest BCUT2D eigenvalue weighted by molar-refractivity contribution is -0.114. The third-order valence-corrected chi connectivity index (χ3v) is 5.31. The number of amides is 2. The number of hydrogen-bond donors (Lipinski definition) is 2. The molecule has 0 saturated carbocycles. The van der Waals surface area contributed by atoms with E-state index in [1.807, 2.05) is 31.2 Å². The Morgan fingerprint density at radius 3 is 2.65 bits per heavy atom. The largest absolute Gasteiger partial charge is 0.459 e. The van der Waals surface area contributed by atoms with E-state index in [2.05, 4.69) is 30.3 Å². The zero-order valence-corrected chi connectivity index (χ0v) is 17.7. The van der Waals surface area contributed by atoms with Gasteiger partial charge in [0.1, 0.15) is 5.82 Å². The molecule has 0 radical (unpaired) electrons. The summed E-state index contributed by atoms with van der Waals surface area (Å²) in [6.45, 7) is 6.70. The molecule has 3 heterocycles. The van der Waals surface area contributed by atoms with E-state index in [0.717, 1.165) is 49.9 Å². The maximum atomic E-state index is 12.3. The van der Waals surface area contributed by atoms with Crippen LogP contribution in [0, 0.1) is 0 Å². The van der Waals surface area contributed by atoms with Gasteiger partial charge >= 0.3 is 0 Å². The van der Waals surface area contributed by atoms with E-state index in [1.165, 1.54) is 18.8 Å². The number of carbonyl (C=O) groups excluding carboxylic acids is 2. The molecule has 4 rings (SSSR count). The van der Waals surface area contributed by atoms with Crippen LogP contribution in [0.25, 0.3) is 0 Å². The van der Waals surface area contributed by atoms with Crippen molar-refractivity contribution in [1.29, 1.82) is 0 Å². The molecule has 0 aliphatic carbocycles. The van der Waals surface area contributed by atoms with Gasteiger partial charge in [-0.2, -0.15) is 0 Å². The third-order valence-electron chi connectivity index (χ3n) is 5.31. The predicted molar refractivity (Wildman–Crippen MR) is 114 cm³/mol. The molecule has 1 aliphatic heterocycles. The Morgan fingerprint density at radius 2 is 1.94 bits per heavy atom. The highest BCUT2D eigenvalue weighted by Crippen LogP contribution is 2.18. The second-order valence-corrected chi connectivity index (χ2v) is 7.70. The molecule has 1 aromatic carbocycles. The first-order valence-corrected chi connectivity index (χ1v) is 10.3. The Labute approximate surface area is 180 Å². The average molecular weight is 422 g/mol. The fourth-order valence-electron chi connectivity index (χ4n) is 3.76. The van der Waals surface area contributed by atoms with Crippen LogP contribution in [0.4, 0.5) is 5.69 Å². The summed E-state index contributed by atoms with van der Waals surface area (Å²) < 4.78 is 7.26. The lowest BCUT2D eigenvalue weighted by Crippen LogP contribution is -2.30. The molecule has 0 saturated heterocycles. The number of furan rings is 1. The van der Waals surface area contributed by atoms with Crippen molar-refractivity contribution >= 4 is 17.5 Å². The van der Waals surface area contributed by atoms with Gasteiger partial charge in [0.05, 0.1) is 12.3 Å². The first-order valence-electron chi connectivity index (χ1n) is 10.3. The van der Waals surface area contributed by atoms with Gasteiger partial charge in [-0.15, -0.1) is 10.2 Å². The first-order chi connectivity index (χ1) is 15.0. The molecular weight excluding hydrogens is 396 g/mol. The molecule has 1 aliphatic rings. The Kier molecular flexibility index (Phi) is 6.13. The Balaban J connectivity index is 1.37. The van der Waals surface area contributed by atoms with Gasteiger partial charge in [0.15, 0.2) is 11.6 Å². The lowest BCUT2D eigenvalue weighted by Gasteiger charge is -2.20. The Morgan fingerprint density at radius 1 is 1.13 bits per heavy atom. The minimum atomic E-state index is -0.285. The number of fused-ring (bicyclic) bond motifs is 1. The molecule has 0 unspecified atom stereocenters. The van der Waals surface area contributed by atoms with Crippen LogP contribution in [-0.2, 0) is 24.3 Å². The molecule has 0 fully saturated rings. The summed E-state index contributed by atoms with van der Waals surface area (Å²) in [5.74, 6) is 1.61. The highest BCUT2D eigenvalue weighted by molar-refractivity contribution is 5.91. The molecule has 162 valence electrons. The molecule has 2 aromatic heterocycles. The fraction of sp³-hybridized carbons (Fsp3) is 0.364. The van der Waals surface area contributed by atoms with Crippen LogP contribution in [0.1, 0.15) is 47.7 Å². The van der Waals surface area contributed by atoms with Crippen molar-refractivity contribution in [2.75, 3.05) is 18.4 Å². The number of benzene rings is 1. The molecule has 2 N–H and O–H groups in total. The molecule has 1 atom stereocenters. The summed E-state index contributed by atoms with van der Waals surface area (Å²) in [6, 6.07) is 10.9. The number of rotatable bonds is 6. The van der Waals surface area contributed by atoms with Crippen LogP contribution in [-0.4, -0.2) is 44.6 Å². The summed E-state index contributed by atoms with van der Waals surface area (Å²) in [5.41, 5.74) is 1.99. The number of anilines is 1. The average Bonchev–Trinajstić information content (AvgIpc) is 3.37. The maximum absolute atomic E-state index is 12.3. The zero-order valence-electron chi connectivity index (χ0n) is 17.7. The van der Waals surface area contributed by atoms with E-state index in [0.29, 0.717) is 0 Å². The van der Waals surface area contributed by atoms with E-state index in [-0.39, 0.29) is 23.6 Å². The molecule has 31 heavy (non-hydrogen) atoms. The molecule has 9 nitrogen and oxygen atoms in total. The molecule has 0 spiro atoms. The Bertz CT molecular complexity index is 1040. The molecule has 3 aromatic rings. The van der Waals surface area contributed by atoms with Gasteiger partial charge < -0.3 is 19.6 Å². The monoisotopic (exact) mass is 422 g/mol. The highest BCUT2D eigenvalue weighted by Gasteiger charge is 2.23. The second-order valence-electron chi connectivity index (χ2n) is 7.70. The minimum Gasteiger partial charge on any atom is -0.459 e. The predicted octanol–water partition coefficient (Wildman–Crippen LogP) is 2.38. The van der Waals surface area contributed by atoms with Crippen LogP contribution >= 0.6 is 0 Å². The zero-order chi connectivity index (χ0) is 21.8. The fourth-order valence-corrected chi connectivity index (χ4v) is 3.76. The van der Waals surface area contributed by atoms with Gasteiger partial charge in [0, 0.05) is 45.2 Å². The van der Waals surface area contributed by atoms with Crippen LogP contribution in [0.2, 0.25) is 0 Å². The van der Waals surface area contributed by atoms with Gasteiger partial charge in [-0.3, -0.25) is 14.5 Å². The van der Waals surface area contributed by atoms with Crippen LogP contribution in [0.15, 0.2) is 47.1 Å². The van der Waals surface area contributed by atoms with E-state index < -0.39 is 0 Å². The third kappa shape index (κ3) is 5.00. The summed E-state index contributed by atoms with van der Waals surface area (Å²) in [4.78, 5) is 25.8. The van der Waals surface area contributed by atoms with E-state index >= 15 is 0 Å². The van der Waals surface area contributed by atoms with Crippen molar-refractivity contribution in [3.8, 4) is 0 Å². The standard InChI is InChI=1S/C22H26N6O3/c1-15(23-22(30)19-4-3-13-31-19)21-26-25-20-9-10-27(11-12-28(20)21)14-17-5-7-18(8-6-17)24-16(2)29/h3-8,13,15H,9-12,14H2,1-2H3,(H,23,30)(H,24,29)/t15-/m0/s1. The minimum absolute atomic E-state index is 0.0753. The SMILES string of the molecule is CC(=O)Nc1ccc(CN2CCc3nnc([C@H](C)NC(=O)c4ccco4)n3CC2)cc1. The number of nitrogens with zero attached hydrogens (tertiary/aromatic N) is 4. The number of carbonyl (C=O) groups is 2. The quantitative estimate of drug-likeness (QED) is 0.632. The maximum Gasteiger partial charge on any atom is 0.287 e. The molecule has 9 heteroatoms. The summed E-state index contributed by atoms with van der Waals surface area (Å²) in [5, 5.41) is 14.4. The van der Waals surface area contributed by atoms with Gasteiger partial charge in [-0.25, -0.2) is 0 Å². The number of aromatic nitrogens is 3. The van der Waals surface area contributed by atoms with E-state index in [1.54, 1.807) is 12.1 Å². The lowest BCUT2D eigenvalue weighted by atomic mass is 10.2. The van der Waals surface area contributed by atoms with Crippen LogP contribution in [0.3, 0.4) is 0 Å². The van der Waals surface area contributed by atoms with Crippen molar-refractivity contribution in [2.24, 2.45) is 0 Å². The molecule has 2 amide bonds. The van der Waals surface area contributed by atoms with E-state index in [4.69, 9.17) is 4.42 Å². The van der Waals surface area contributed by atoms with Gasteiger partial charge in [0.2, 0.25) is 5.91 Å². The smallest absolute Gasteiger partial charge is 0.287 e.